The molecule has 0 radical (unpaired) electrons. The summed E-state index contributed by atoms with van der Waals surface area (Å²) >= 11 is 0. The summed E-state index contributed by atoms with van der Waals surface area (Å²) in [5.41, 5.74) is 6.34. The van der Waals surface area contributed by atoms with Crippen LogP contribution in [0.1, 0.15) is 13.3 Å². The summed E-state index contributed by atoms with van der Waals surface area (Å²) in [6.45, 7) is 4.20. The molecule has 1 aromatic rings. The zero-order chi connectivity index (χ0) is 12.7. The van der Waals surface area contributed by atoms with Crippen molar-refractivity contribution in [3.8, 4) is 0 Å². The van der Waals surface area contributed by atoms with Crippen LogP contribution in [0.5, 0.6) is 0 Å². The maximum absolute atomic E-state index is 13.2. The third-order valence-electron chi connectivity index (χ3n) is 2.65. The average Bonchev–Trinajstić information content (AvgIpc) is 2.34. The van der Waals surface area contributed by atoms with Gasteiger partial charge in [0.1, 0.15) is 5.82 Å². The van der Waals surface area contributed by atoms with Crippen LogP contribution in [0.2, 0.25) is 0 Å². The first-order chi connectivity index (χ1) is 8.17. The number of nitrogens with two attached hydrogens (primary N) is 1. The highest BCUT2D eigenvalue weighted by Gasteiger charge is 2.10. The van der Waals surface area contributed by atoms with E-state index in [2.05, 4.69) is 4.90 Å². The maximum Gasteiger partial charge on any atom is 0.125 e. The molecular weight excluding hydrogens is 219 g/mol. The Morgan fingerprint density at radius 2 is 2.24 bits per heavy atom. The molecule has 0 fully saturated rings. The summed E-state index contributed by atoms with van der Waals surface area (Å²) in [6, 6.07) is 6.52. The van der Waals surface area contributed by atoms with E-state index in [1.807, 2.05) is 13.0 Å². The van der Waals surface area contributed by atoms with Crippen molar-refractivity contribution in [2.24, 2.45) is 11.7 Å². The number of hydrogen-bond acceptors (Lipinski definition) is 3. The van der Waals surface area contributed by atoms with Crippen LogP contribution in [-0.4, -0.2) is 31.3 Å². The lowest BCUT2D eigenvalue weighted by molar-refractivity contribution is 0.239. The lowest BCUT2D eigenvalue weighted by Gasteiger charge is -2.27. The van der Waals surface area contributed by atoms with Gasteiger partial charge < -0.3 is 15.7 Å². The van der Waals surface area contributed by atoms with Crippen LogP contribution < -0.4 is 10.6 Å². The quantitative estimate of drug-likeness (QED) is 0.761. The Hall–Kier alpha value is -1.13. The standard InChI is InChI=1S/C13H21FN2O/c1-11(10-17)9-16(7-3-6-15)13-5-2-4-12(14)8-13/h2,4-5,8,11,17H,3,6-7,9-10,15H2,1H3. The van der Waals surface area contributed by atoms with E-state index in [1.165, 1.54) is 12.1 Å². The first kappa shape index (κ1) is 13.9. The number of halogens is 1. The van der Waals surface area contributed by atoms with Crippen molar-refractivity contribution in [2.45, 2.75) is 13.3 Å². The van der Waals surface area contributed by atoms with Crippen molar-refractivity contribution in [2.75, 3.05) is 31.1 Å². The van der Waals surface area contributed by atoms with E-state index in [9.17, 15) is 4.39 Å². The fraction of sp³-hybridized carbons (Fsp3) is 0.538. The van der Waals surface area contributed by atoms with Gasteiger partial charge in [0, 0.05) is 25.4 Å². The molecule has 1 rings (SSSR count). The molecule has 0 bridgehead atoms. The number of hydrogen-bond donors (Lipinski definition) is 2. The third kappa shape index (κ3) is 4.71. The molecule has 0 aromatic heterocycles. The Labute approximate surface area is 102 Å². The van der Waals surface area contributed by atoms with E-state index in [-0.39, 0.29) is 18.3 Å². The smallest absolute Gasteiger partial charge is 0.125 e. The zero-order valence-electron chi connectivity index (χ0n) is 10.3. The molecule has 1 aromatic carbocycles. The van der Waals surface area contributed by atoms with Crippen molar-refractivity contribution in [3.05, 3.63) is 30.1 Å². The van der Waals surface area contributed by atoms with Crippen LogP contribution in [0.3, 0.4) is 0 Å². The third-order valence-corrected chi connectivity index (χ3v) is 2.65. The van der Waals surface area contributed by atoms with Gasteiger partial charge in [-0.05, 0) is 37.1 Å². The van der Waals surface area contributed by atoms with Crippen molar-refractivity contribution in [1.82, 2.24) is 0 Å². The van der Waals surface area contributed by atoms with Crippen LogP contribution in [0, 0.1) is 11.7 Å². The van der Waals surface area contributed by atoms with Crippen molar-refractivity contribution < 1.29 is 9.50 Å². The second kappa shape index (κ2) is 7.25. The van der Waals surface area contributed by atoms with Gasteiger partial charge in [0.2, 0.25) is 0 Å². The molecule has 96 valence electrons. The fourth-order valence-corrected chi connectivity index (χ4v) is 1.71. The summed E-state index contributed by atoms with van der Waals surface area (Å²) in [7, 11) is 0. The number of rotatable bonds is 7. The molecule has 0 spiro atoms. The second-order valence-corrected chi connectivity index (χ2v) is 4.36. The molecule has 0 aliphatic heterocycles. The van der Waals surface area contributed by atoms with Crippen LogP contribution in [0.25, 0.3) is 0 Å². The average molecular weight is 240 g/mol. The van der Waals surface area contributed by atoms with Gasteiger partial charge in [-0.2, -0.15) is 0 Å². The number of aliphatic hydroxyl groups excluding tert-OH is 1. The second-order valence-electron chi connectivity index (χ2n) is 4.36. The topological polar surface area (TPSA) is 49.5 Å². The lowest BCUT2D eigenvalue weighted by atomic mass is 10.1. The largest absolute Gasteiger partial charge is 0.396 e. The van der Waals surface area contributed by atoms with E-state index in [4.69, 9.17) is 10.8 Å². The number of aliphatic hydroxyl groups is 1. The monoisotopic (exact) mass is 240 g/mol. The van der Waals surface area contributed by atoms with E-state index in [0.29, 0.717) is 13.1 Å². The Kier molecular flexibility index (Phi) is 5.94. The molecule has 0 heterocycles. The summed E-state index contributed by atoms with van der Waals surface area (Å²) in [5, 5.41) is 9.09. The molecule has 3 nitrogen and oxygen atoms in total. The first-order valence-corrected chi connectivity index (χ1v) is 5.98. The molecule has 0 amide bonds. The van der Waals surface area contributed by atoms with Gasteiger partial charge in [0.25, 0.3) is 0 Å². The van der Waals surface area contributed by atoms with Gasteiger partial charge in [-0.3, -0.25) is 0 Å². The molecule has 0 aliphatic carbocycles. The lowest BCUT2D eigenvalue weighted by Crippen LogP contribution is -2.31. The normalized spacial score (nSPS) is 12.5. The Balaban J connectivity index is 2.74. The van der Waals surface area contributed by atoms with Crippen LogP contribution in [0.4, 0.5) is 10.1 Å². The van der Waals surface area contributed by atoms with Gasteiger partial charge in [-0.1, -0.05) is 13.0 Å². The summed E-state index contributed by atoms with van der Waals surface area (Å²) in [5.74, 6) is -0.0760. The summed E-state index contributed by atoms with van der Waals surface area (Å²) in [6.07, 6.45) is 0.856. The molecule has 3 N–H and O–H groups in total. The van der Waals surface area contributed by atoms with Crippen molar-refractivity contribution >= 4 is 5.69 Å². The minimum Gasteiger partial charge on any atom is -0.396 e. The molecule has 1 atom stereocenters. The Bertz CT molecular complexity index is 333. The number of anilines is 1. The molecule has 0 saturated carbocycles. The Morgan fingerprint density at radius 3 is 2.82 bits per heavy atom. The summed E-state index contributed by atoms with van der Waals surface area (Å²) < 4.78 is 13.2. The first-order valence-electron chi connectivity index (χ1n) is 5.98. The van der Waals surface area contributed by atoms with E-state index in [0.717, 1.165) is 18.7 Å². The minimum absolute atomic E-state index is 0.133. The fourth-order valence-electron chi connectivity index (χ4n) is 1.71. The molecule has 17 heavy (non-hydrogen) atoms. The predicted molar refractivity (Wildman–Crippen MR) is 68.5 cm³/mol. The van der Waals surface area contributed by atoms with Gasteiger partial charge in [-0.25, -0.2) is 4.39 Å². The number of nitrogens with zero attached hydrogens (tertiary/aromatic N) is 1. The summed E-state index contributed by atoms with van der Waals surface area (Å²) in [4.78, 5) is 2.07. The maximum atomic E-state index is 13.2. The van der Waals surface area contributed by atoms with Crippen molar-refractivity contribution in [3.63, 3.8) is 0 Å². The van der Waals surface area contributed by atoms with Crippen LogP contribution >= 0.6 is 0 Å². The molecular formula is C13H21FN2O. The SMILES string of the molecule is CC(CO)CN(CCCN)c1cccc(F)c1. The molecule has 0 saturated heterocycles. The Morgan fingerprint density at radius 1 is 1.47 bits per heavy atom. The molecule has 1 unspecified atom stereocenters. The van der Waals surface area contributed by atoms with Gasteiger partial charge >= 0.3 is 0 Å². The highest BCUT2D eigenvalue weighted by molar-refractivity contribution is 5.46. The zero-order valence-corrected chi connectivity index (χ0v) is 10.3. The highest BCUT2D eigenvalue weighted by atomic mass is 19.1. The van der Waals surface area contributed by atoms with E-state index >= 15 is 0 Å². The minimum atomic E-state index is -0.239. The van der Waals surface area contributed by atoms with Gasteiger partial charge in [0.15, 0.2) is 0 Å². The number of benzene rings is 1. The van der Waals surface area contributed by atoms with Gasteiger partial charge in [0.05, 0.1) is 0 Å². The van der Waals surface area contributed by atoms with E-state index in [1.54, 1.807) is 6.07 Å². The molecule has 4 heteroatoms. The molecule has 0 aliphatic rings. The van der Waals surface area contributed by atoms with Crippen molar-refractivity contribution in [1.29, 1.82) is 0 Å². The van der Waals surface area contributed by atoms with Gasteiger partial charge in [-0.15, -0.1) is 0 Å². The van der Waals surface area contributed by atoms with E-state index < -0.39 is 0 Å². The predicted octanol–water partition coefficient (Wildman–Crippen LogP) is 1.61. The van der Waals surface area contributed by atoms with Crippen LogP contribution in [-0.2, 0) is 0 Å². The van der Waals surface area contributed by atoms with Crippen LogP contribution in [0.15, 0.2) is 24.3 Å². The highest BCUT2D eigenvalue weighted by Crippen LogP contribution is 2.17.